The third-order valence-electron chi connectivity index (χ3n) is 3.92. The summed E-state index contributed by atoms with van der Waals surface area (Å²) in [4.78, 5) is 16.8. The largest absolute Gasteiger partial charge is 0.370 e. The number of hydrogen-bond acceptors (Lipinski definition) is 7. The molecule has 26 heavy (non-hydrogen) atoms. The van der Waals surface area contributed by atoms with Crippen molar-refractivity contribution in [1.82, 2.24) is 19.6 Å². The lowest BCUT2D eigenvalue weighted by atomic mass is 10.3. The van der Waals surface area contributed by atoms with E-state index in [4.69, 9.17) is 5.73 Å². The van der Waals surface area contributed by atoms with Crippen molar-refractivity contribution in [3.8, 4) is 0 Å². The number of pyridine rings is 1. The highest BCUT2D eigenvalue weighted by Gasteiger charge is 2.19. The summed E-state index contributed by atoms with van der Waals surface area (Å²) in [6.45, 7) is 3.64. The average molecular weight is 396 g/mol. The number of piperazine rings is 1. The molecule has 9 nitrogen and oxygen atoms in total. The van der Waals surface area contributed by atoms with Crippen LogP contribution in [0.4, 0.5) is 5.13 Å². The molecule has 0 bridgehead atoms. The van der Waals surface area contributed by atoms with Gasteiger partial charge in [0.05, 0.1) is 6.54 Å². The summed E-state index contributed by atoms with van der Waals surface area (Å²) in [6, 6.07) is 3.07. The molecular weight excluding hydrogens is 374 g/mol. The quantitative estimate of drug-likeness (QED) is 0.400. The molecule has 3 N–H and O–H groups in total. The van der Waals surface area contributed by atoms with Crippen LogP contribution < -0.4 is 15.4 Å². The van der Waals surface area contributed by atoms with Crippen LogP contribution in [0.1, 0.15) is 0 Å². The summed E-state index contributed by atoms with van der Waals surface area (Å²) in [5, 5.41) is 2.98. The molecule has 0 aromatic carbocycles. The van der Waals surface area contributed by atoms with Gasteiger partial charge in [-0.1, -0.05) is 0 Å². The molecule has 0 radical (unpaired) electrons. The molecule has 140 valence electrons. The van der Waals surface area contributed by atoms with Crippen LogP contribution in [0.5, 0.6) is 0 Å². The molecule has 0 saturated carbocycles. The van der Waals surface area contributed by atoms with Crippen LogP contribution in [0.15, 0.2) is 46.0 Å². The molecule has 1 saturated heterocycles. The molecule has 0 aliphatic carbocycles. The second-order valence-electron chi connectivity index (χ2n) is 5.62. The topological polar surface area (TPSA) is 117 Å². The van der Waals surface area contributed by atoms with Crippen molar-refractivity contribution in [2.75, 3.05) is 44.2 Å². The highest BCUT2D eigenvalue weighted by molar-refractivity contribution is 7.89. The zero-order valence-electron chi connectivity index (χ0n) is 14.2. The first kappa shape index (κ1) is 18.5. The number of rotatable bonds is 6. The van der Waals surface area contributed by atoms with Gasteiger partial charge in [-0.3, -0.25) is 9.98 Å². The lowest BCUT2D eigenvalue weighted by Crippen LogP contribution is -2.51. The SMILES string of the molecule is NC(=NCCNS(=O)(=O)c1cccnc1)N1CCN(c2nccs2)CC1. The Kier molecular flexibility index (Phi) is 6.01. The van der Waals surface area contributed by atoms with Gasteiger partial charge in [-0.2, -0.15) is 0 Å². The maximum absolute atomic E-state index is 12.1. The summed E-state index contributed by atoms with van der Waals surface area (Å²) >= 11 is 1.62. The molecule has 0 unspecified atom stereocenters. The van der Waals surface area contributed by atoms with Crippen LogP contribution in [0.25, 0.3) is 0 Å². The summed E-state index contributed by atoms with van der Waals surface area (Å²) in [5.41, 5.74) is 6.03. The number of sulfonamides is 1. The van der Waals surface area contributed by atoms with Crippen LogP contribution in [-0.2, 0) is 10.0 Å². The number of anilines is 1. The van der Waals surface area contributed by atoms with E-state index in [1.54, 1.807) is 23.6 Å². The van der Waals surface area contributed by atoms with E-state index in [1.165, 1.54) is 18.5 Å². The number of nitrogens with one attached hydrogen (secondary N) is 1. The first-order valence-corrected chi connectivity index (χ1v) is 10.5. The molecule has 1 fully saturated rings. The second-order valence-corrected chi connectivity index (χ2v) is 8.26. The van der Waals surface area contributed by atoms with Crippen molar-refractivity contribution in [3.05, 3.63) is 36.1 Å². The van der Waals surface area contributed by atoms with Gasteiger partial charge in [0.1, 0.15) is 4.90 Å². The summed E-state index contributed by atoms with van der Waals surface area (Å²) in [5.74, 6) is 0.435. The normalized spacial score (nSPS) is 16.1. The van der Waals surface area contributed by atoms with Crippen LogP contribution in [0.3, 0.4) is 0 Å². The Hall–Kier alpha value is -2.24. The van der Waals surface area contributed by atoms with Crippen molar-refractivity contribution in [1.29, 1.82) is 0 Å². The van der Waals surface area contributed by atoms with Gasteiger partial charge in [0, 0.05) is 56.7 Å². The fourth-order valence-electron chi connectivity index (χ4n) is 2.54. The Balaban J connectivity index is 1.44. The van der Waals surface area contributed by atoms with Gasteiger partial charge < -0.3 is 15.5 Å². The zero-order valence-corrected chi connectivity index (χ0v) is 15.8. The number of nitrogens with zero attached hydrogens (tertiary/aromatic N) is 5. The minimum absolute atomic E-state index is 0.134. The Morgan fingerprint density at radius 3 is 2.77 bits per heavy atom. The van der Waals surface area contributed by atoms with Crippen LogP contribution in [-0.4, -0.2) is 68.5 Å². The molecule has 11 heteroatoms. The Bertz CT molecular complexity index is 817. The van der Waals surface area contributed by atoms with Gasteiger partial charge in [0.15, 0.2) is 11.1 Å². The third kappa shape index (κ3) is 4.68. The van der Waals surface area contributed by atoms with E-state index in [9.17, 15) is 8.42 Å². The minimum Gasteiger partial charge on any atom is -0.370 e. The molecule has 2 aromatic heterocycles. The molecule has 0 atom stereocenters. The van der Waals surface area contributed by atoms with Crippen LogP contribution >= 0.6 is 11.3 Å². The fourth-order valence-corrected chi connectivity index (χ4v) is 4.22. The van der Waals surface area contributed by atoms with Crippen molar-refractivity contribution in [3.63, 3.8) is 0 Å². The Morgan fingerprint density at radius 1 is 1.31 bits per heavy atom. The van der Waals surface area contributed by atoms with Gasteiger partial charge in [-0.15, -0.1) is 11.3 Å². The molecule has 1 aliphatic rings. The van der Waals surface area contributed by atoms with Gasteiger partial charge in [-0.05, 0) is 12.1 Å². The molecule has 2 aromatic rings. The van der Waals surface area contributed by atoms with E-state index in [2.05, 4.69) is 24.6 Å². The van der Waals surface area contributed by atoms with Crippen molar-refractivity contribution < 1.29 is 8.42 Å². The molecule has 3 heterocycles. The highest BCUT2D eigenvalue weighted by Crippen LogP contribution is 2.18. The van der Waals surface area contributed by atoms with Crippen LogP contribution in [0, 0.1) is 0 Å². The number of nitrogens with two attached hydrogens (primary N) is 1. The predicted molar refractivity (Wildman–Crippen MR) is 102 cm³/mol. The van der Waals surface area contributed by atoms with E-state index >= 15 is 0 Å². The predicted octanol–water partition coefficient (Wildman–Crippen LogP) is -0.0467. The number of guanidine groups is 1. The summed E-state index contributed by atoms with van der Waals surface area (Å²) in [7, 11) is -3.56. The standard InChI is InChI=1S/C15H21N7O2S2/c16-14(21-7-9-22(10-8-21)15-19-6-11-25-15)18-4-5-20-26(23,24)13-2-1-3-17-12-13/h1-3,6,11-12,20H,4-5,7-10H2,(H2,16,18). The lowest BCUT2D eigenvalue weighted by Gasteiger charge is -2.35. The van der Waals surface area contributed by atoms with Crippen molar-refractivity contribution in [2.45, 2.75) is 4.90 Å². The van der Waals surface area contributed by atoms with Crippen LogP contribution in [0.2, 0.25) is 0 Å². The van der Waals surface area contributed by atoms with Gasteiger partial charge in [0.25, 0.3) is 0 Å². The van der Waals surface area contributed by atoms with Gasteiger partial charge >= 0.3 is 0 Å². The van der Waals surface area contributed by atoms with E-state index < -0.39 is 10.0 Å². The van der Waals surface area contributed by atoms with Gasteiger partial charge in [0.2, 0.25) is 10.0 Å². The number of aromatic nitrogens is 2. The zero-order chi connectivity index (χ0) is 18.4. The number of hydrogen-bond donors (Lipinski definition) is 2. The van der Waals surface area contributed by atoms with Gasteiger partial charge in [-0.25, -0.2) is 18.1 Å². The van der Waals surface area contributed by atoms with Crippen molar-refractivity contribution >= 4 is 32.5 Å². The first-order valence-electron chi connectivity index (χ1n) is 8.15. The van der Waals surface area contributed by atoms with E-state index in [0.29, 0.717) is 5.96 Å². The Morgan fingerprint density at radius 2 is 2.12 bits per heavy atom. The molecule has 0 amide bonds. The maximum atomic E-state index is 12.1. The first-order chi connectivity index (χ1) is 12.6. The smallest absolute Gasteiger partial charge is 0.242 e. The highest BCUT2D eigenvalue weighted by atomic mass is 32.2. The minimum atomic E-state index is -3.56. The van der Waals surface area contributed by atoms with E-state index in [0.717, 1.165) is 31.3 Å². The lowest BCUT2D eigenvalue weighted by molar-refractivity contribution is 0.380. The van der Waals surface area contributed by atoms with E-state index in [1.807, 2.05) is 10.3 Å². The van der Waals surface area contributed by atoms with Crippen molar-refractivity contribution in [2.24, 2.45) is 10.7 Å². The summed E-state index contributed by atoms with van der Waals surface area (Å²) < 4.78 is 26.6. The summed E-state index contributed by atoms with van der Waals surface area (Å²) in [6.07, 6.45) is 4.63. The monoisotopic (exact) mass is 395 g/mol. The molecule has 3 rings (SSSR count). The number of thiazole rings is 1. The fraction of sp³-hybridized carbons (Fsp3) is 0.400. The molecule has 1 aliphatic heterocycles. The molecular formula is C15H21N7O2S2. The van der Waals surface area contributed by atoms with E-state index in [-0.39, 0.29) is 18.0 Å². The average Bonchev–Trinajstić information content (AvgIpc) is 3.21. The third-order valence-corrected chi connectivity index (χ3v) is 6.19. The Labute approximate surface area is 156 Å². The maximum Gasteiger partial charge on any atom is 0.242 e. The number of aliphatic imine (C=N–C) groups is 1. The second kappa shape index (κ2) is 8.43. The molecule has 0 spiro atoms.